The molecule has 0 radical (unpaired) electrons. The highest BCUT2D eigenvalue weighted by molar-refractivity contribution is 6.31. The summed E-state index contributed by atoms with van der Waals surface area (Å²) < 4.78 is 10.5. The smallest absolute Gasteiger partial charge is 0.411 e. The van der Waals surface area contributed by atoms with E-state index in [1.807, 2.05) is 0 Å². The number of likely N-dealkylation sites (N-methyl/N-ethyl adjacent to an activating group) is 1. The molecular weight excluding hydrogens is 322 g/mol. The summed E-state index contributed by atoms with van der Waals surface area (Å²) in [5.41, 5.74) is -0.519. The van der Waals surface area contributed by atoms with E-state index < -0.39 is 23.7 Å². The number of carbonyl (C=O) groups is 2. The molecule has 0 heterocycles. The van der Waals surface area contributed by atoms with Crippen LogP contribution in [0.3, 0.4) is 0 Å². The van der Waals surface area contributed by atoms with Gasteiger partial charge in [0.25, 0.3) is 0 Å². The first-order valence-electron chi connectivity index (χ1n) is 7.17. The van der Waals surface area contributed by atoms with E-state index in [2.05, 4.69) is 0 Å². The molecule has 0 saturated carbocycles. The molecule has 1 atom stereocenters. The summed E-state index contributed by atoms with van der Waals surface area (Å²) in [6.07, 6.45) is -0.727. The maximum Gasteiger partial charge on any atom is 0.411 e. The third-order valence-corrected chi connectivity index (χ3v) is 3.35. The van der Waals surface area contributed by atoms with Gasteiger partial charge in [-0.15, -0.1) is 0 Å². The molecule has 1 amide bonds. The van der Waals surface area contributed by atoms with Gasteiger partial charge in [-0.3, -0.25) is 4.90 Å². The van der Waals surface area contributed by atoms with Crippen LogP contribution in [-0.4, -0.2) is 41.3 Å². The van der Waals surface area contributed by atoms with E-state index in [0.29, 0.717) is 5.75 Å². The molecule has 1 aromatic rings. The number of carboxylic acids is 1. The van der Waals surface area contributed by atoms with E-state index in [4.69, 9.17) is 21.1 Å². The summed E-state index contributed by atoms with van der Waals surface area (Å²) >= 11 is 6.16. The first-order chi connectivity index (χ1) is 10.6. The minimum Gasteiger partial charge on any atom is -0.496 e. The van der Waals surface area contributed by atoms with Crippen LogP contribution >= 0.6 is 11.6 Å². The highest BCUT2D eigenvalue weighted by Crippen LogP contribution is 2.36. The number of aliphatic carboxylic acids is 1. The topological polar surface area (TPSA) is 76.1 Å². The third kappa shape index (κ3) is 4.76. The van der Waals surface area contributed by atoms with Gasteiger partial charge in [0.1, 0.15) is 11.4 Å². The Morgan fingerprint density at radius 2 is 1.96 bits per heavy atom. The number of carbonyl (C=O) groups excluding carboxylic acids is 1. The molecule has 7 heteroatoms. The Bertz CT molecular complexity index is 582. The Morgan fingerprint density at radius 1 is 1.35 bits per heavy atom. The quantitative estimate of drug-likeness (QED) is 0.881. The SMILES string of the molecule is CCN(C(=O)OC(C)(C)C)C(C(=O)O)c1c(Cl)cccc1OC. The highest BCUT2D eigenvalue weighted by atomic mass is 35.5. The van der Waals surface area contributed by atoms with E-state index in [9.17, 15) is 14.7 Å². The molecule has 1 N–H and O–H groups in total. The summed E-state index contributed by atoms with van der Waals surface area (Å²) in [7, 11) is 1.41. The number of carboxylic acid groups (broad SMARTS) is 1. The second kappa shape index (κ2) is 7.55. The number of hydrogen-bond acceptors (Lipinski definition) is 4. The van der Waals surface area contributed by atoms with Gasteiger partial charge in [-0.05, 0) is 39.8 Å². The van der Waals surface area contributed by atoms with Gasteiger partial charge in [0.2, 0.25) is 0 Å². The zero-order chi connectivity index (χ0) is 17.8. The van der Waals surface area contributed by atoms with Gasteiger partial charge in [0.05, 0.1) is 12.1 Å². The molecular formula is C16H22ClNO5. The van der Waals surface area contributed by atoms with Crippen LogP contribution in [0.25, 0.3) is 0 Å². The van der Waals surface area contributed by atoms with E-state index in [-0.39, 0.29) is 17.1 Å². The van der Waals surface area contributed by atoms with Crippen LogP contribution in [0.5, 0.6) is 5.75 Å². The van der Waals surface area contributed by atoms with Gasteiger partial charge < -0.3 is 14.6 Å². The van der Waals surface area contributed by atoms with Crippen molar-refractivity contribution in [3.8, 4) is 5.75 Å². The fraction of sp³-hybridized carbons (Fsp3) is 0.500. The number of ether oxygens (including phenoxy) is 2. The lowest BCUT2D eigenvalue weighted by molar-refractivity contribution is -0.143. The van der Waals surface area contributed by atoms with Gasteiger partial charge in [-0.1, -0.05) is 17.7 Å². The fourth-order valence-electron chi connectivity index (χ4n) is 2.11. The first kappa shape index (κ1) is 19.1. The van der Waals surface area contributed by atoms with Gasteiger partial charge >= 0.3 is 12.1 Å². The van der Waals surface area contributed by atoms with Gasteiger partial charge in [0.15, 0.2) is 6.04 Å². The minimum absolute atomic E-state index is 0.139. The van der Waals surface area contributed by atoms with E-state index in [0.717, 1.165) is 4.90 Å². The monoisotopic (exact) mass is 343 g/mol. The zero-order valence-electron chi connectivity index (χ0n) is 13.9. The summed E-state index contributed by atoms with van der Waals surface area (Å²) in [4.78, 5) is 25.3. The molecule has 1 rings (SSSR count). The molecule has 0 bridgehead atoms. The normalized spacial score (nSPS) is 12.4. The summed E-state index contributed by atoms with van der Waals surface area (Å²) in [6.45, 7) is 6.95. The van der Waals surface area contributed by atoms with Crippen molar-refractivity contribution < 1.29 is 24.2 Å². The molecule has 0 aliphatic heterocycles. The van der Waals surface area contributed by atoms with Gasteiger partial charge in [0, 0.05) is 12.1 Å². The van der Waals surface area contributed by atoms with Crippen LogP contribution in [0, 0.1) is 0 Å². The minimum atomic E-state index is -1.31. The Kier molecular flexibility index (Phi) is 6.27. The van der Waals surface area contributed by atoms with Crippen molar-refractivity contribution in [3.05, 3.63) is 28.8 Å². The second-order valence-corrected chi connectivity index (χ2v) is 6.27. The Hall–Kier alpha value is -1.95. The molecule has 0 spiro atoms. The van der Waals surface area contributed by atoms with Gasteiger partial charge in [-0.2, -0.15) is 0 Å². The molecule has 0 aliphatic rings. The zero-order valence-corrected chi connectivity index (χ0v) is 14.7. The first-order valence-corrected chi connectivity index (χ1v) is 7.55. The molecule has 0 aromatic heterocycles. The van der Waals surface area contributed by atoms with Crippen molar-refractivity contribution in [1.29, 1.82) is 0 Å². The average molecular weight is 344 g/mol. The average Bonchev–Trinajstić information content (AvgIpc) is 2.42. The predicted molar refractivity (Wildman–Crippen MR) is 87.0 cm³/mol. The van der Waals surface area contributed by atoms with Crippen LogP contribution in [0.15, 0.2) is 18.2 Å². The lowest BCUT2D eigenvalue weighted by Gasteiger charge is -2.31. The number of rotatable bonds is 5. The second-order valence-electron chi connectivity index (χ2n) is 5.86. The Balaban J connectivity index is 3.35. The molecule has 0 fully saturated rings. The van der Waals surface area contributed by atoms with Crippen LogP contribution in [-0.2, 0) is 9.53 Å². The third-order valence-electron chi connectivity index (χ3n) is 3.02. The summed E-state index contributed by atoms with van der Waals surface area (Å²) in [5.74, 6) is -0.920. The maximum atomic E-state index is 12.4. The molecule has 128 valence electrons. The predicted octanol–water partition coefficient (Wildman–Crippen LogP) is 3.73. The van der Waals surface area contributed by atoms with Crippen LogP contribution in [0.1, 0.15) is 39.3 Å². The standard InChI is InChI=1S/C16H22ClNO5/c1-6-18(15(21)23-16(2,3)4)13(14(19)20)12-10(17)8-7-9-11(12)22-5/h7-9,13H,6H2,1-5H3,(H,19,20). The number of halogens is 1. The molecule has 6 nitrogen and oxygen atoms in total. The van der Waals surface area contributed by atoms with Crippen molar-refractivity contribution in [2.75, 3.05) is 13.7 Å². The van der Waals surface area contributed by atoms with Crippen molar-refractivity contribution in [2.45, 2.75) is 39.3 Å². The van der Waals surface area contributed by atoms with Crippen molar-refractivity contribution in [1.82, 2.24) is 4.90 Å². The van der Waals surface area contributed by atoms with Crippen molar-refractivity contribution in [2.24, 2.45) is 0 Å². The number of amides is 1. The van der Waals surface area contributed by atoms with E-state index in [1.165, 1.54) is 7.11 Å². The summed E-state index contributed by atoms with van der Waals surface area (Å²) in [5, 5.41) is 9.86. The molecule has 23 heavy (non-hydrogen) atoms. The lowest BCUT2D eigenvalue weighted by atomic mass is 10.0. The fourth-order valence-corrected chi connectivity index (χ4v) is 2.38. The largest absolute Gasteiger partial charge is 0.496 e. The number of methoxy groups -OCH3 is 1. The van der Waals surface area contributed by atoms with Crippen LogP contribution < -0.4 is 4.74 Å². The van der Waals surface area contributed by atoms with E-state index in [1.54, 1.807) is 45.9 Å². The molecule has 0 saturated heterocycles. The highest BCUT2D eigenvalue weighted by Gasteiger charge is 2.36. The molecule has 1 aromatic carbocycles. The lowest BCUT2D eigenvalue weighted by Crippen LogP contribution is -2.42. The van der Waals surface area contributed by atoms with E-state index >= 15 is 0 Å². The Morgan fingerprint density at radius 3 is 2.39 bits per heavy atom. The number of hydrogen-bond donors (Lipinski definition) is 1. The van der Waals surface area contributed by atoms with Gasteiger partial charge in [-0.25, -0.2) is 9.59 Å². The molecule has 1 unspecified atom stereocenters. The van der Waals surface area contributed by atoms with Crippen molar-refractivity contribution in [3.63, 3.8) is 0 Å². The van der Waals surface area contributed by atoms with Crippen LogP contribution in [0.4, 0.5) is 4.79 Å². The van der Waals surface area contributed by atoms with Crippen LogP contribution in [0.2, 0.25) is 5.02 Å². The number of benzene rings is 1. The Labute approximate surface area is 140 Å². The van der Waals surface area contributed by atoms with Crippen molar-refractivity contribution >= 4 is 23.7 Å². The maximum absolute atomic E-state index is 12.4. The summed E-state index contributed by atoms with van der Waals surface area (Å²) in [6, 6.07) is 3.49. The molecule has 0 aliphatic carbocycles. The number of nitrogens with zero attached hydrogens (tertiary/aromatic N) is 1.